The van der Waals surface area contributed by atoms with E-state index in [1.54, 1.807) is 0 Å². The highest BCUT2D eigenvalue weighted by Gasteiger charge is 2.23. The van der Waals surface area contributed by atoms with Crippen LogP contribution in [0.2, 0.25) is 0 Å². The first-order chi connectivity index (χ1) is 10.9. The van der Waals surface area contributed by atoms with Gasteiger partial charge in [-0.1, -0.05) is 42.5 Å². The number of rotatable bonds is 5. The Balaban J connectivity index is 1.60. The summed E-state index contributed by atoms with van der Waals surface area (Å²) in [5, 5.41) is 1.23. The summed E-state index contributed by atoms with van der Waals surface area (Å²) in [6.45, 7) is 1.44. The topological polar surface area (TPSA) is 37.5 Å². The fraction of sp³-hybridized carbons (Fsp3) is 0.158. The number of para-hydroxylation sites is 1. The fourth-order valence-corrected chi connectivity index (χ4v) is 2.53. The predicted molar refractivity (Wildman–Crippen MR) is 88.9 cm³/mol. The molecule has 0 radical (unpaired) electrons. The lowest BCUT2D eigenvalue weighted by atomic mass is 10.1. The minimum absolute atomic E-state index is 0.269. The Labute approximate surface area is 129 Å². The number of benzene rings is 2. The highest BCUT2D eigenvalue weighted by atomic mass is 16.6. The number of fused-ring (bicyclic) bond motifs is 1. The van der Waals surface area contributed by atoms with E-state index in [2.05, 4.69) is 47.5 Å². The number of hydrogen-bond donors (Lipinski definition) is 1. The van der Waals surface area contributed by atoms with Crippen molar-refractivity contribution in [2.45, 2.75) is 6.10 Å². The van der Waals surface area contributed by atoms with Gasteiger partial charge in [-0.25, -0.2) is 0 Å². The Morgan fingerprint density at radius 2 is 1.86 bits per heavy atom. The minimum atomic E-state index is 0.269. The molecule has 1 unspecified atom stereocenters. The number of epoxide rings is 1. The molecule has 0 amide bonds. The van der Waals surface area contributed by atoms with Crippen LogP contribution in [-0.2, 0) is 4.74 Å². The summed E-state index contributed by atoms with van der Waals surface area (Å²) in [6.07, 6.45) is 6.47. The number of aromatic amines is 1. The van der Waals surface area contributed by atoms with E-state index in [0.29, 0.717) is 6.61 Å². The molecule has 0 saturated carbocycles. The molecule has 1 fully saturated rings. The fourth-order valence-electron chi connectivity index (χ4n) is 2.53. The van der Waals surface area contributed by atoms with Gasteiger partial charge in [-0.15, -0.1) is 0 Å². The molecule has 3 aromatic rings. The SMILES string of the molecule is C(=Cc1cccc2[nH]ccc12)c1ccccc1OCC1CO1. The molecule has 0 spiro atoms. The van der Waals surface area contributed by atoms with E-state index < -0.39 is 0 Å². The van der Waals surface area contributed by atoms with Gasteiger partial charge >= 0.3 is 0 Å². The molecule has 4 rings (SSSR count). The summed E-state index contributed by atoms with van der Waals surface area (Å²) in [7, 11) is 0. The molecule has 2 heterocycles. The van der Waals surface area contributed by atoms with Crippen LogP contribution in [0.3, 0.4) is 0 Å². The second kappa shape index (κ2) is 5.70. The van der Waals surface area contributed by atoms with Gasteiger partial charge in [0.15, 0.2) is 0 Å². The van der Waals surface area contributed by atoms with Gasteiger partial charge in [0.05, 0.1) is 6.61 Å². The Kier molecular flexibility index (Phi) is 3.41. The van der Waals surface area contributed by atoms with E-state index in [-0.39, 0.29) is 6.10 Å². The largest absolute Gasteiger partial charge is 0.490 e. The second-order valence-corrected chi connectivity index (χ2v) is 5.42. The van der Waals surface area contributed by atoms with Crippen molar-refractivity contribution in [1.29, 1.82) is 0 Å². The third-order valence-electron chi connectivity index (χ3n) is 3.82. The third kappa shape index (κ3) is 2.76. The van der Waals surface area contributed by atoms with Gasteiger partial charge < -0.3 is 14.5 Å². The molecule has 0 aliphatic carbocycles. The van der Waals surface area contributed by atoms with Crippen LogP contribution in [0.1, 0.15) is 11.1 Å². The maximum atomic E-state index is 5.84. The number of aromatic nitrogens is 1. The van der Waals surface area contributed by atoms with Gasteiger partial charge in [-0.2, -0.15) is 0 Å². The Hall–Kier alpha value is -2.52. The predicted octanol–water partition coefficient (Wildman–Crippen LogP) is 4.12. The van der Waals surface area contributed by atoms with Crippen molar-refractivity contribution in [1.82, 2.24) is 4.98 Å². The number of H-pyrrole nitrogens is 1. The van der Waals surface area contributed by atoms with Gasteiger partial charge in [0.2, 0.25) is 0 Å². The molecular formula is C19H17NO2. The van der Waals surface area contributed by atoms with Gasteiger partial charge in [-0.3, -0.25) is 0 Å². The molecule has 3 nitrogen and oxygen atoms in total. The standard InChI is InChI=1S/C19H17NO2/c1-2-7-19(22-13-16-12-21-16)15(4-1)9-8-14-5-3-6-18-17(14)10-11-20-18/h1-11,16,20H,12-13H2. The molecule has 0 bridgehead atoms. The van der Waals surface area contributed by atoms with E-state index in [1.807, 2.05) is 24.4 Å². The highest BCUT2D eigenvalue weighted by molar-refractivity contribution is 5.91. The van der Waals surface area contributed by atoms with Crippen molar-refractivity contribution in [3.05, 3.63) is 65.9 Å². The minimum Gasteiger partial charge on any atom is -0.490 e. The smallest absolute Gasteiger partial charge is 0.126 e. The van der Waals surface area contributed by atoms with Gasteiger partial charge in [-0.05, 0) is 23.8 Å². The number of hydrogen-bond acceptors (Lipinski definition) is 2. The van der Waals surface area contributed by atoms with E-state index in [9.17, 15) is 0 Å². The first-order valence-electron chi connectivity index (χ1n) is 7.48. The molecule has 3 heteroatoms. The zero-order chi connectivity index (χ0) is 14.8. The molecule has 1 aromatic heterocycles. The zero-order valence-corrected chi connectivity index (χ0v) is 12.2. The zero-order valence-electron chi connectivity index (χ0n) is 12.2. The average molecular weight is 291 g/mol. The van der Waals surface area contributed by atoms with E-state index >= 15 is 0 Å². The summed E-state index contributed by atoms with van der Waals surface area (Å²) in [5.41, 5.74) is 3.42. The molecule has 2 aromatic carbocycles. The van der Waals surface area contributed by atoms with E-state index in [4.69, 9.17) is 9.47 Å². The second-order valence-electron chi connectivity index (χ2n) is 5.42. The lowest BCUT2D eigenvalue weighted by molar-refractivity contribution is 0.262. The molecule has 1 aliphatic rings. The quantitative estimate of drug-likeness (QED) is 0.567. The van der Waals surface area contributed by atoms with Crippen LogP contribution in [0.15, 0.2) is 54.7 Å². The molecule has 1 atom stereocenters. The summed E-state index contributed by atoms with van der Waals surface area (Å²) >= 11 is 0. The van der Waals surface area contributed by atoms with Crippen molar-refractivity contribution < 1.29 is 9.47 Å². The van der Waals surface area contributed by atoms with Crippen LogP contribution in [0.25, 0.3) is 23.1 Å². The summed E-state index contributed by atoms with van der Waals surface area (Å²) in [4.78, 5) is 3.24. The van der Waals surface area contributed by atoms with E-state index in [0.717, 1.165) is 23.4 Å². The first kappa shape index (κ1) is 13.2. The summed E-state index contributed by atoms with van der Waals surface area (Å²) in [6, 6.07) is 16.4. The maximum absolute atomic E-state index is 5.84. The number of nitrogens with one attached hydrogen (secondary N) is 1. The highest BCUT2D eigenvalue weighted by Crippen LogP contribution is 2.24. The van der Waals surface area contributed by atoms with Gasteiger partial charge in [0, 0.05) is 22.7 Å². The van der Waals surface area contributed by atoms with Crippen molar-refractivity contribution >= 4 is 23.1 Å². The molecule has 1 N–H and O–H groups in total. The Morgan fingerprint density at radius 3 is 2.77 bits per heavy atom. The average Bonchev–Trinajstić information content (AvgIpc) is 3.26. The molecule has 22 heavy (non-hydrogen) atoms. The van der Waals surface area contributed by atoms with Crippen LogP contribution < -0.4 is 4.74 Å². The lowest BCUT2D eigenvalue weighted by Gasteiger charge is -2.07. The van der Waals surface area contributed by atoms with Gasteiger partial charge in [0.25, 0.3) is 0 Å². The lowest BCUT2D eigenvalue weighted by Crippen LogP contribution is -2.04. The summed E-state index contributed by atoms with van der Waals surface area (Å²) in [5.74, 6) is 0.899. The number of ether oxygens (including phenoxy) is 2. The first-order valence-corrected chi connectivity index (χ1v) is 7.48. The van der Waals surface area contributed by atoms with Crippen LogP contribution in [0, 0.1) is 0 Å². The van der Waals surface area contributed by atoms with Crippen molar-refractivity contribution in [2.24, 2.45) is 0 Å². The molecule has 110 valence electrons. The van der Waals surface area contributed by atoms with Crippen molar-refractivity contribution in [2.75, 3.05) is 13.2 Å². The summed E-state index contributed by atoms with van der Waals surface area (Å²) < 4.78 is 11.0. The molecule has 1 aliphatic heterocycles. The maximum Gasteiger partial charge on any atom is 0.126 e. The molecular weight excluding hydrogens is 274 g/mol. The Morgan fingerprint density at radius 1 is 1.05 bits per heavy atom. The van der Waals surface area contributed by atoms with Crippen molar-refractivity contribution in [3.63, 3.8) is 0 Å². The third-order valence-corrected chi connectivity index (χ3v) is 3.82. The monoisotopic (exact) mass is 291 g/mol. The van der Waals surface area contributed by atoms with Gasteiger partial charge in [0.1, 0.15) is 18.5 Å². The van der Waals surface area contributed by atoms with Crippen molar-refractivity contribution in [3.8, 4) is 5.75 Å². The van der Waals surface area contributed by atoms with Crippen LogP contribution in [0.5, 0.6) is 5.75 Å². The van der Waals surface area contributed by atoms with Crippen LogP contribution in [0.4, 0.5) is 0 Å². The van der Waals surface area contributed by atoms with Crippen LogP contribution in [-0.4, -0.2) is 24.3 Å². The van der Waals surface area contributed by atoms with E-state index in [1.165, 1.54) is 10.9 Å². The molecule has 1 saturated heterocycles. The van der Waals surface area contributed by atoms with Crippen LogP contribution >= 0.6 is 0 Å². The normalized spacial score (nSPS) is 17.2. The Bertz CT molecular complexity index is 815.